The third-order valence-corrected chi connectivity index (χ3v) is 16.4. The van der Waals surface area contributed by atoms with Gasteiger partial charge in [0.05, 0.1) is 26.4 Å². The molecular weight excluding hydrogens is 1090 g/mol. The Morgan fingerprint density at radius 2 is 0.561 bits per heavy atom. The number of carbonyl (C=O) groups excluding carboxylic acids is 4. The van der Waals surface area contributed by atoms with Gasteiger partial charge < -0.3 is 33.8 Å². The van der Waals surface area contributed by atoms with Crippen molar-refractivity contribution in [3.05, 3.63) is 0 Å². The first kappa shape index (κ1) is 80.1. The van der Waals surface area contributed by atoms with Gasteiger partial charge in [-0.15, -0.1) is 0 Å². The summed E-state index contributed by atoms with van der Waals surface area (Å²) in [4.78, 5) is 71.8. The maximum Gasteiger partial charge on any atom is 0.472 e. The molecule has 486 valence electrons. The second-order valence-corrected chi connectivity index (χ2v) is 26.7. The van der Waals surface area contributed by atoms with E-state index in [1.165, 1.54) is 116 Å². The lowest BCUT2D eigenvalue weighted by Gasteiger charge is -2.21. The minimum absolute atomic E-state index is 0.101. The highest BCUT2D eigenvalue weighted by molar-refractivity contribution is 7.47. The number of phosphoric ester groups is 2. The average Bonchev–Trinajstić information content (AvgIpc) is 3.44. The van der Waals surface area contributed by atoms with E-state index >= 15 is 0 Å². The summed E-state index contributed by atoms with van der Waals surface area (Å²) in [6, 6.07) is 0. The molecule has 0 saturated carbocycles. The SMILES string of the molecule is CCCCCCCCCCCCCCCCCCCCCC(=O)O[C@H](COC(=O)CCCCCCCCC(C)C)COP(=O)(O)OC[C@@H](O)COP(=O)(O)OC[C@@H](COC(=O)CCCCCCC)OC(=O)CCCCCCCCC(C)C. The van der Waals surface area contributed by atoms with Crippen molar-refractivity contribution in [2.75, 3.05) is 39.6 Å². The van der Waals surface area contributed by atoms with Crippen LogP contribution < -0.4 is 0 Å². The fraction of sp³-hybridized carbons (Fsp3) is 0.937. The molecule has 0 aliphatic heterocycles. The van der Waals surface area contributed by atoms with Gasteiger partial charge in [-0.3, -0.25) is 37.3 Å². The van der Waals surface area contributed by atoms with Gasteiger partial charge in [0.25, 0.3) is 0 Å². The van der Waals surface area contributed by atoms with E-state index in [9.17, 15) is 43.2 Å². The number of esters is 4. The van der Waals surface area contributed by atoms with Gasteiger partial charge in [-0.1, -0.05) is 260 Å². The normalized spacial score (nSPS) is 14.3. The third kappa shape index (κ3) is 57.2. The molecule has 82 heavy (non-hydrogen) atoms. The third-order valence-electron chi connectivity index (χ3n) is 14.5. The molecule has 0 heterocycles. The van der Waals surface area contributed by atoms with Crippen molar-refractivity contribution in [2.24, 2.45) is 11.8 Å². The lowest BCUT2D eigenvalue weighted by atomic mass is 10.0. The fourth-order valence-corrected chi connectivity index (χ4v) is 10.9. The van der Waals surface area contributed by atoms with Crippen molar-refractivity contribution < 1.29 is 80.2 Å². The van der Waals surface area contributed by atoms with E-state index < -0.39 is 97.5 Å². The molecule has 0 radical (unpaired) electrons. The molecule has 0 spiro atoms. The van der Waals surface area contributed by atoms with Crippen LogP contribution in [0, 0.1) is 11.8 Å². The van der Waals surface area contributed by atoms with E-state index in [0.29, 0.717) is 37.5 Å². The van der Waals surface area contributed by atoms with Crippen molar-refractivity contribution >= 4 is 39.5 Å². The number of ether oxygens (including phenoxy) is 4. The largest absolute Gasteiger partial charge is 0.472 e. The number of aliphatic hydroxyl groups is 1. The zero-order chi connectivity index (χ0) is 60.8. The molecule has 0 amide bonds. The highest BCUT2D eigenvalue weighted by Gasteiger charge is 2.30. The predicted octanol–water partition coefficient (Wildman–Crippen LogP) is 17.3. The lowest BCUT2D eigenvalue weighted by Crippen LogP contribution is -2.30. The first-order valence-corrected chi connectivity index (χ1v) is 36.0. The van der Waals surface area contributed by atoms with Gasteiger partial charge in [-0.05, 0) is 37.5 Å². The molecule has 3 N–H and O–H groups in total. The molecule has 19 heteroatoms. The Morgan fingerprint density at radius 1 is 0.329 bits per heavy atom. The number of carbonyl (C=O) groups is 4. The second-order valence-electron chi connectivity index (χ2n) is 23.7. The Labute approximate surface area is 498 Å². The van der Waals surface area contributed by atoms with Crippen molar-refractivity contribution in [2.45, 2.75) is 330 Å². The minimum Gasteiger partial charge on any atom is -0.462 e. The van der Waals surface area contributed by atoms with Crippen LogP contribution >= 0.6 is 15.6 Å². The van der Waals surface area contributed by atoms with E-state index in [0.717, 1.165) is 103 Å². The summed E-state index contributed by atoms with van der Waals surface area (Å²) in [6.45, 7) is 9.22. The summed E-state index contributed by atoms with van der Waals surface area (Å²) < 4.78 is 67.7. The first-order chi connectivity index (χ1) is 39.4. The number of unbranched alkanes of at least 4 members (excludes halogenated alkanes) is 32. The molecule has 0 saturated heterocycles. The molecular formula is C63H122O17P2. The number of rotatable bonds is 62. The van der Waals surface area contributed by atoms with Gasteiger partial charge in [-0.2, -0.15) is 0 Å². The smallest absolute Gasteiger partial charge is 0.462 e. The second kappa shape index (κ2) is 55.6. The highest BCUT2D eigenvalue weighted by atomic mass is 31.2. The van der Waals surface area contributed by atoms with E-state index in [4.69, 9.17) is 37.0 Å². The van der Waals surface area contributed by atoms with Crippen LogP contribution in [-0.4, -0.2) is 96.7 Å². The quantitative estimate of drug-likeness (QED) is 0.0222. The van der Waals surface area contributed by atoms with Gasteiger partial charge >= 0.3 is 39.5 Å². The molecule has 0 aliphatic rings. The Balaban J connectivity index is 5.09. The summed E-state index contributed by atoms with van der Waals surface area (Å²) >= 11 is 0. The molecule has 0 aliphatic carbocycles. The molecule has 0 fully saturated rings. The molecule has 0 bridgehead atoms. The average molecular weight is 1210 g/mol. The number of aliphatic hydroxyl groups excluding tert-OH is 1. The fourth-order valence-electron chi connectivity index (χ4n) is 9.35. The lowest BCUT2D eigenvalue weighted by molar-refractivity contribution is -0.161. The van der Waals surface area contributed by atoms with Crippen molar-refractivity contribution in [1.82, 2.24) is 0 Å². The van der Waals surface area contributed by atoms with Crippen LogP contribution in [0.1, 0.15) is 311 Å². The van der Waals surface area contributed by atoms with Gasteiger partial charge in [0.1, 0.15) is 19.3 Å². The summed E-state index contributed by atoms with van der Waals surface area (Å²) in [5, 5.41) is 10.5. The van der Waals surface area contributed by atoms with Gasteiger partial charge in [0.15, 0.2) is 12.2 Å². The summed E-state index contributed by atoms with van der Waals surface area (Å²) in [5.41, 5.74) is 0. The van der Waals surface area contributed by atoms with Crippen molar-refractivity contribution in [1.29, 1.82) is 0 Å². The number of hydrogen-bond donors (Lipinski definition) is 3. The topological polar surface area (TPSA) is 237 Å². The maximum atomic E-state index is 13.0. The van der Waals surface area contributed by atoms with Crippen LogP contribution in [0.5, 0.6) is 0 Å². The number of phosphoric acid groups is 2. The molecule has 5 atom stereocenters. The molecule has 17 nitrogen and oxygen atoms in total. The van der Waals surface area contributed by atoms with Crippen LogP contribution in [0.4, 0.5) is 0 Å². The van der Waals surface area contributed by atoms with Crippen LogP contribution in [0.15, 0.2) is 0 Å². The zero-order valence-corrected chi connectivity index (χ0v) is 54.6. The molecule has 0 rings (SSSR count). The minimum atomic E-state index is -4.94. The Morgan fingerprint density at radius 3 is 0.829 bits per heavy atom. The summed E-state index contributed by atoms with van der Waals surface area (Å²) in [5.74, 6) is -0.804. The summed E-state index contributed by atoms with van der Waals surface area (Å²) in [6.07, 6.45) is 38.4. The molecule has 2 unspecified atom stereocenters. The monoisotopic (exact) mass is 1210 g/mol. The van der Waals surface area contributed by atoms with E-state index in [2.05, 4.69) is 41.5 Å². The maximum absolute atomic E-state index is 13.0. The van der Waals surface area contributed by atoms with Crippen LogP contribution in [0.25, 0.3) is 0 Å². The standard InChI is InChI=1S/C63H122O17P2/c1-7-9-11-13-14-15-16-17-18-19-20-21-22-23-24-25-26-35-41-47-62(67)79-59(52-74-61(66)46-40-34-29-27-32-37-43-55(3)4)54-78-82(71,72)76-50-57(64)49-75-81(69,70)77-53-58(51-73-60(65)45-39-31-12-10-8-2)80-63(68)48-42-36-30-28-33-38-44-56(5)6/h55-59,64H,7-54H2,1-6H3,(H,69,70)(H,71,72)/t57-,58+,59+/m0/s1. The highest BCUT2D eigenvalue weighted by Crippen LogP contribution is 2.45. The molecule has 0 aromatic rings. The van der Waals surface area contributed by atoms with Crippen molar-refractivity contribution in [3.8, 4) is 0 Å². The first-order valence-electron chi connectivity index (χ1n) is 33.0. The van der Waals surface area contributed by atoms with Gasteiger partial charge in [0.2, 0.25) is 0 Å². The van der Waals surface area contributed by atoms with E-state index in [-0.39, 0.29) is 25.7 Å². The van der Waals surface area contributed by atoms with E-state index in [1.807, 2.05) is 0 Å². The van der Waals surface area contributed by atoms with Crippen LogP contribution in [0.2, 0.25) is 0 Å². The van der Waals surface area contributed by atoms with Crippen LogP contribution in [0.3, 0.4) is 0 Å². The molecule has 0 aromatic carbocycles. The molecule has 0 aromatic heterocycles. The zero-order valence-electron chi connectivity index (χ0n) is 52.8. The van der Waals surface area contributed by atoms with Crippen LogP contribution in [-0.2, 0) is 65.4 Å². The summed E-state index contributed by atoms with van der Waals surface area (Å²) in [7, 11) is -9.87. The number of hydrogen-bond acceptors (Lipinski definition) is 15. The Hall–Kier alpha value is -1.94. The van der Waals surface area contributed by atoms with Gasteiger partial charge in [-0.25, -0.2) is 9.13 Å². The predicted molar refractivity (Wildman–Crippen MR) is 326 cm³/mol. The van der Waals surface area contributed by atoms with E-state index in [1.54, 1.807) is 0 Å². The van der Waals surface area contributed by atoms with Gasteiger partial charge in [0, 0.05) is 25.7 Å². The van der Waals surface area contributed by atoms with Crippen molar-refractivity contribution in [3.63, 3.8) is 0 Å². The Kier molecular flexibility index (Phi) is 54.3. The Bertz CT molecular complexity index is 1620.